The number of carbonyl (C=O) groups excluding carboxylic acids is 2. The van der Waals surface area contributed by atoms with Crippen LogP contribution in [0.3, 0.4) is 0 Å². The fourth-order valence-electron chi connectivity index (χ4n) is 3.69. The van der Waals surface area contributed by atoms with Crippen LogP contribution in [-0.2, 0) is 27.5 Å². The lowest BCUT2D eigenvalue weighted by molar-refractivity contribution is -0.139. The van der Waals surface area contributed by atoms with E-state index in [0.717, 1.165) is 11.3 Å². The molecule has 1 saturated heterocycles. The summed E-state index contributed by atoms with van der Waals surface area (Å²) in [7, 11) is 0. The number of hydrogen-bond donors (Lipinski definition) is 0. The van der Waals surface area contributed by atoms with Crippen molar-refractivity contribution in [1.29, 1.82) is 0 Å². The average molecular weight is 431 g/mol. The SMILES string of the molecule is Cc1ccn(CCC(=O)N2CC(=O)N(CC(C)C)C[C@@H](OCc3cccc(F)c3)C2)n1. The zero-order chi connectivity index (χ0) is 22.4. The van der Waals surface area contributed by atoms with E-state index in [-0.39, 0.29) is 43.3 Å². The molecule has 2 amide bonds. The third-order valence-electron chi connectivity index (χ3n) is 5.17. The zero-order valence-electron chi connectivity index (χ0n) is 18.5. The number of amides is 2. The number of benzene rings is 1. The number of nitrogens with zero attached hydrogens (tertiary/aromatic N) is 4. The Labute approximate surface area is 182 Å². The van der Waals surface area contributed by atoms with Crippen molar-refractivity contribution in [3.63, 3.8) is 0 Å². The smallest absolute Gasteiger partial charge is 0.242 e. The Morgan fingerprint density at radius 1 is 1.29 bits per heavy atom. The molecule has 1 aliphatic rings. The van der Waals surface area contributed by atoms with Gasteiger partial charge in [0.15, 0.2) is 0 Å². The van der Waals surface area contributed by atoms with Gasteiger partial charge in [-0.15, -0.1) is 0 Å². The van der Waals surface area contributed by atoms with E-state index in [4.69, 9.17) is 4.74 Å². The highest BCUT2D eigenvalue weighted by Crippen LogP contribution is 2.14. The summed E-state index contributed by atoms with van der Waals surface area (Å²) in [5.41, 5.74) is 1.62. The van der Waals surface area contributed by atoms with Crippen molar-refractivity contribution in [3.8, 4) is 0 Å². The third-order valence-corrected chi connectivity index (χ3v) is 5.17. The molecule has 7 nitrogen and oxygen atoms in total. The van der Waals surface area contributed by atoms with Gasteiger partial charge in [-0.2, -0.15) is 5.10 Å². The summed E-state index contributed by atoms with van der Waals surface area (Å²) in [6.45, 7) is 8.07. The summed E-state index contributed by atoms with van der Waals surface area (Å²) in [5.74, 6) is -0.191. The minimum atomic E-state index is -0.343. The van der Waals surface area contributed by atoms with Crippen LogP contribution in [0.25, 0.3) is 0 Å². The first-order valence-corrected chi connectivity index (χ1v) is 10.7. The molecule has 1 aromatic carbocycles. The van der Waals surface area contributed by atoms with E-state index in [0.29, 0.717) is 32.1 Å². The van der Waals surface area contributed by atoms with E-state index >= 15 is 0 Å². The maximum atomic E-state index is 13.5. The van der Waals surface area contributed by atoms with Gasteiger partial charge in [0.1, 0.15) is 5.82 Å². The maximum Gasteiger partial charge on any atom is 0.242 e. The molecule has 0 radical (unpaired) electrons. The van der Waals surface area contributed by atoms with Crippen molar-refractivity contribution >= 4 is 11.8 Å². The monoisotopic (exact) mass is 430 g/mol. The Balaban J connectivity index is 1.66. The summed E-state index contributed by atoms with van der Waals surface area (Å²) < 4.78 is 21.3. The predicted octanol–water partition coefficient (Wildman–Crippen LogP) is 2.63. The van der Waals surface area contributed by atoms with Gasteiger partial charge >= 0.3 is 0 Å². The molecule has 0 bridgehead atoms. The molecule has 1 aliphatic heterocycles. The first-order chi connectivity index (χ1) is 14.8. The van der Waals surface area contributed by atoms with Crippen molar-refractivity contribution < 1.29 is 18.7 Å². The number of aromatic nitrogens is 2. The largest absolute Gasteiger partial charge is 0.370 e. The van der Waals surface area contributed by atoms with Gasteiger partial charge in [0, 0.05) is 38.8 Å². The standard InChI is InChI=1S/C23H31FN4O3/c1-17(2)12-26-13-21(31-16-19-5-4-6-20(24)11-19)14-27(15-23(26)30)22(29)8-10-28-9-7-18(3)25-28/h4-7,9,11,17,21H,8,10,12-16H2,1-3H3/t21-/m1/s1. The van der Waals surface area contributed by atoms with Crippen molar-refractivity contribution in [2.24, 2.45) is 5.92 Å². The van der Waals surface area contributed by atoms with Crippen molar-refractivity contribution in [2.75, 3.05) is 26.2 Å². The van der Waals surface area contributed by atoms with Crippen LogP contribution in [0.15, 0.2) is 36.5 Å². The van der Waals surface area contributed by atoms with Crippen LogP contribution in [-0.4, -0.2) is 63.7 Å². The normalized spacial score (nSPS) is 17.3. The highest BCUT2D eigenvalue weighted by atomic mass is 19.1. The number of hydrogen-bond acceptors (Lipinski definition) is 4. The molecule has 1 fully saturated rings. The lowest BCUT2D eigenvalue weighted by atomic mass is 10.2. The summed E-state index contributed by atoms with van der Waals surface area (Å²) in [5, 5.41) is 4.31. The van der Waals surface area contributed by atoms with Gasteiger partial charge in [-0.05, 0) is 36.6 Å². The summed E-state index contributed by atoms with van der Waals surface area (Å²) in [6.07, 6.45) is 1.75. The van der Waals surface area contributed by atoms with Crippen LogP contribution in [0.2, 0.25) is 0 Å². The quantitative estimate of drug-likeness (QED) is 0.646. The first-order valence-electron chi connectivity index (χ1n) is 10.7. The Hall–Kier alpha value is -2.74. The van der Waals surface area contributed by atoms with Crippen LogP contribution in [0.4, 0.5) is 4.39 Å². The van der Waals surface area contributed by atoms with Gasteiger partial charge in [-0.25, -0.2) is 4.39 Å². The second kappa shape index (κ2) is 10.5. The Bertz CT molecular complexity index is 898. The van der Waals surface area contributed by atoms with Crippen LogP contribution in [0.5, 0.6) is 0 Å². The molecule has 2 aromatic rings. The molecule has 168 valence electrons. The number of halogens is 1. The average Bonchev–Trinajstić information content (AvgIpc) is 3.06. The minimum Gasteiger partial charge on any atom is -0.370 e. The minimum absolute atomic E-state index is 0.0452. The van der Waals surface area contributed by atoms with Crippen molar-refractivity contribution in [1.82, 2.24) is 19.6 Å². The number of ether oxygens (including phenoxy) is 1. The van der Waals surface area contributed by atoms with E-state index in [1.54, 1.807) is 26.6 Å². The predicted molar refractivity (Wildman–Crippen MR) is 115 cm³/mol. The maximum absolute atomic E-state index is 13.5. The second-order valence-corrected chi connectivity index (χ2v) is 8.50. The fraction of sp³-hybridized carbons (Fsp3) is 0.522. The van der Waals surface area contributed by atoms with E-state index in [2.05, 4.69) is 18.9 Å². The number of aryl methyl sites for hydroxylation is 2. The van der Waals surface area contributed by atoms with Gasteiger partial charge in [-0.1, -0.05) is 26.0 Å². The molecule has 31 heavy (non-hydrogen) atoms. The van der Waals surface area contributed by atoms with Crippen LogP contribution in [0, 0.1) is 18.7 Å². The van der Waals surface area contributed by atoms with E-state index in [1.165, 1.54) is 12.1 Å². The molecule has 0 saturated carbocycles. The topological polar surface area (TPSA) is 67.7 Å². The van der Waals surface area contributed by atoms with Gasteiger partial charge in [-0.3, -0.25) is 14.3 Å². The highest BCUT2D eigenvalue weighted by Gasteiger charge is 2.31. The lowest BCUT2D eigenvalue weighted by Gasteiger charge is -2.26. The molecule has 2 heterocycles. The van der Waals surface area contributed by atoms with Gasteiger partial charge in [0.2, 0.25) is 11.8 Å². The molecule has 3 rings (SSSR count). The molecule has 1 atom stereocenters. The van der Waals surface area contributed by atoms with Crippen LogP contribution in [0.1, 0.15) is 31.5 Å². The molecule has 0 N–H and O–H groups in total. The van der Waals surface area contributed by atoms with E-state index in [9.17, 15) is 14.0 Å². The van der Waals surface area contributed by atoms with E-state index < -0.39 is 0 Å². The van der Waals surface area contributed by atoms with Gasteiger partial charge in [0.05, 0.1) is 24.9 Å². The first kappa shape index (κ1) is 22.9. The molecule has 8 heteroatoms. The lowest BCUT2D eigenvalue weighted by Crippen LogP contribution is -2.40. The van der Waals surface area contributed by atoms with Gasteiger partial charge < -0.3 is 14.5 Å². The number of rotatable bonds is 8. The van der Waals surface area contributed by atoms with Gasteiger partial charge in [0.25, 0.3) is 0 Å². The Morgan fingerprint density at radius 2 is 2.10 bits per heavy atom. The molecule has 0 unspecified atom stereocenters. The highest BCUT2D eigenvalue weighted by molar-refractivity contribution is 5.85. The van der Waals surface area contributed by atoms with Crippen molar-refractivity contribution in [3.05, 3.63) is 53.6 Å². The molecule has 0 spiro atoms. The summed E-state index contributed by atoms with van der Waals surface area (Å²) in [4.78, 5) is 29.0. The van der Waals surface area contributed by atoms with Crippen LogP contribution < -0.4 is 0 Å². The number of carbonyl (C=O) groups is 2. The third kappa shape index (κ3) is 6.89. The van der Waals surface area contributed by atoms with Crippen LogP contribution >= 0.6 is 0 Å². The molecular formula is C23H31FN4O3. The zero-order valence-corrected chi connectivity index (χ0v) is 18.5. The fourth-order valence-corrected chi connectivity index (χ4v) is 3.69. The molecule has 1 aromatic heterocycles. The summed E-state index contributed by atoms with van der Waals surface area (Å²) >= 11 is 0. The second-order valence-electron chi connectivity index (χ2n) is 8.50. The molecular weight excluding hydrogens is 399 g/mol. The Morgan fingerprint density at radius 3 is 2.77 bits per heavy atom. The van der Waals surface area contributed by atoms with Crippen molar-refractivity contribution in [2.45, 2.75) is 46.4 Å². The Kier molecular flexibility index (Phi) is 7.79. The molecule has 0 aliphatic carbocycles. The van der Waals surface area contributed by atoms with E-state index in [1.807, 2.05) is 19.2 Å². The summed E-state index contributed by atoms with van der Waals surface area (Å²) in [6, 6.07) is 8.15.